The molecule has 0 amide bonds. The first kappa shape index (κ1) is 15.9. The number of rotatable bonds is 9. The predicted octanol–water partition coefficient (Wildman–Crippen LogP) is 6.41. The van der Waals surface area contributed by atoms with Crippen LogP contribution in [0.25, 0.3) is 0 Å². The van der Waals surface area contributed by atoms with Crippen molar-refractivity contribution in [1.29, 1.82) is 0 Å². The van der Waals surface area contributed by atoms with Crippen LogP contribution in [-0.4, -0.2) is 5.88 Å². The second-order valence-corrected chi connectivity index (χ2v) is 5.70. The molecule has 18 heavy (non-hydrogen) atoms. The van der Waals surface area contributed by atoms with Gasteiger partial charge in [0.1, 0.15) is 0 Å². The van der Waals surface area contributed by atoms with Gasteiger partial charge in [-0.15, -0.1) is 11.6 Å². The fourth-order valence-electron chi connectivity index (χ4n) is 2.24. The third-order valence-electron chi connectivity index (χ3n) is 3.43. The number of unbranched alkanes of at least 4 members (excludes halogenated alkanes) is 5. The maximum Gasteiger partial charge on any atom is 0.0406 e. The summed E-state index contributed by atoms with van der Waals surface area (Å²) >= 11 is 12.0. The molecule has 0 aliphatic rings. The molecule has 0 spiro atoms. The van der Waals surface area contributed by atoms with E-state index < -0.39 is 0 Å². The Morgan fingerprint density at radius 3 is 2.17 bits per heavy atom. The lowest BCUT2D eigenvalue weighted by atomic mass is 9.94. The van der Waals surface area contributed by atoms with Crippen LogP contribution in [0.4, 0.5) is 0 Å². The minimum Gasteiger partial charge on any atom is -0.126 e. The van der Waals surface area contributed by atoms with Crippen molar-refractivity contribution in [2.45, 2.75) is 57.8 Å². The molecule has 1 aromatic rings. The van der Waals surface area contributed by atoms with Crippen LogP contribution in [0.15, 0.2) is 24.3 Å². The minimum atomic E-state index is 0.482. The van der Waals surface area contributed by atoms with Gasteiger partial charge in [0.15, 0.2) is 0 Å². The van der Waals surface area contributed by atoms with Gasteiger partial charge in [0.05, 0.1) is 0 Å². The SMILES string of the molecule is CCCCCCCCC(CCl)c1ccc(Cl)cc1. The highest BCUT2D eigenvalue weighted by atomic mass is 35.5. The fourth-order valence-corrected chi connectivity index (χ4v) is 2.70. The van der Waals surface area contributed by atoms with Gasteiger partial charge < -0.3 is 0 Å². The first-order valence-electron chi connectivity index (χ1n) is 7.09. The maximum atomic E-state index is 6.07. The van der Waals surface area contributed by atoms with E-state index in [-0.39, 0.29) is 0 Å². The van der Waals surface area contributed by atoms with Crippen molar-refractivity contribution < 1.29 is 0 Å². The first-order chi connectivity index (χ1) is 8.77. The van der Waals surface area contributed by atoms with E-state index in [0.29, 0.717) is 11.8 Å². The van der Waals surface area contributed by atoms with Crippen LogP contribution in [0, 0.1) is 0 Å². The highest BCUT2D eigenvalue weighted by molar-refractivity contribution is 6.30. The number of benzene rings is 1. The normalized spacial score (nSPS) is 12.6. The molecule has 102 valence electrons. The Hall–Kier alpha value is -0.200. The van der Waals surface area contributed by atoms with E-state index in [0.717, 1.165) is 5.02 Å². The van der Waals surface area contributed by atoms with E-state index in [1.165, 1.54) is 50.5 Å². The number of hydrogen-bond acceptors (Lipinski definition) is 0. The Morgan fingerprint density at radius 2 is 1.56 bits per heavy atom. The Labute approximate surface area is 122 Å². The zero-order valence-corrected chi connectivity index (χ0v) is 12.8. The predicted molar refractivity (Wildman–Crippen MR) is 82.9 cm³/mol. The van der Waals surface area contributed by atoms with Gasteiger partial charge in [-0.1, -0.05) is 69.2 Å². The van der Waals surface area contributed by atoms with Gasteiger partial charge in [0, 0.05) is 10.9 Å². The van der Waals surface area contributed by atoms with E-state index in [2.05, 4.69) is 19.1 Å². The Morgan fingerprint density at radius 1 is 0.944 bits per heavy atom. The summed E-state index contributed by atoms with van der Waals surface area (Å²) in [6, 6.07) is 8.12. The molecule has 0 aliphatic carbocycles. The number of alkyl halides is 1. The van der Waals surface area contributed by atoms with Crippen LogP contribution in [-0.2, 0) is 0 Å². The monoisotopic (exact) mass is 286 g/mol. The van der Waals surface area contributed by atoms with Gasteiger partial charge in [-0.2, -0.15) is 0 Å². The largest absolute Gasteiger partial charge is 0.126 e. The molecule has 1 atom stereocenters. The third kappa shape index (κ3) is 6.11. The van der Waals surface area contributed by atoms with Crippen LogP contribution >= 0.6 is 23.2 Å². The molecule has 0 aromatic heterocycles. The summed E-state index contributed by atoms with van der Waals surface area (Å²) < 4.78 is 0. The van der Waals surface area contributed by atoms with E-state index in [1.54, 1.807) is 0 Å². The topological polar surface area (TPSA) is 0 Å². The lowest BCUT2D eigenvalue weighted by Crippen LogP contribution is -2.00. The fraction of sp³-hybridized carbons (Fsp3) is 0.625. The molecule has 2 heteroatoms. The molecular formula is C16H24Cl2. The zero-order valence-electron chi connectivity index (χ0n) is 11.3. The standard InChI is InChI=1S/C16H24Cl2/c1-2-3-4-5-6-7-8-15(13-17)14-9-11-16(18)12-10-14/h9-12,15H,2-8,13H2,1H3. The summed E-state index contributed by atoms with van der Waals surface area (Å²) in [6.45, 7) is 2.25. The molecule has 0 aliphatic heterocycles. The molecule has 0 N–H and O–H groups in total. The quantitative estimate of drug-likeness (QED) is 0.363. The second-order valence-electron chi connectivity index (χ2n) is 4.96. The van der Waals surface area contributed by atoms with E-state index in [1.807, 2.05) is 12.1 Å². The van der Waals surface area contributed by atoms with Crippen molar-refractivity contribution in [1.82, 2.24) is 0 Å². The lowest BCUT2D eigenvalue weighted by molar-refractivity contribution is 0.559. The average molecular weight is 287 g/mol. The van der Waals surface area contributed by atoms with Gasteiger partial charge in [0.2, 0.25) is 0 Å². The summed E-state index contributed by atoms with van der Waals surface area (Å²) in [5.41, 5.74) is 1.32. The minimum absolute atomic E-state index is 0.482. The molecule has 0 heterocycles. The Kier molecular flexibility index (Phi) is 8.54. The summed E-state index contributed by atoms with van der Waals surface area (Å²) in [5.74, 6) is 1.19. The van der Waals surface area contributed by atoms with E-state index >= 15 is 0 Å². The molecule has 1 rings (SSSR count). The van der Waals surface area contributed by atoms with Crippen LogP contribution < -0.4 is 0 Å². The molecule has 1 unspecified atom stereocenters. The van der Waals surface area contributed by atoms with Gasteiger partial charge >= 0.3 is 0 Å². The first-order valence-corrected chi connectivity index (χ1v) is 8.00. The Bertz CT molecular complexity index is 305. The summed E-state index contributed by atoms with van der Waals surface area (Å²) in [4.78, 5) is 0. The maximum absolute atomic E-state index is 6.07. The third-order valence-corrected chi connectivity index (χ3v) is 4.06. The van der Waals surface area contributed by atoms with E-state index in [4.69, 9.17) is 23.2 Å². The van der Waals surface area contributed by atoms with Crippen molar-refractivity contribution in [3.05, 3.63) is 34.9 Å². The van der Waals surface area contributed by atoms with Crippen LogP contribution in [0.2, 0.25) is 5.02 Å². The molecule has 0 radical (unpaired) electrons. The molecule has 0 nitrogen and oxygen atoms in total. The van der Waals surface area contributed by atoms with Crippen molar-refractivity contribution >= 4 is 23.2 Å². The van der Waals surface area contributed by atoms with Crippen molar-refractivity contribution in [3.63, 3.8) is 0 Å². The van der Waals surface area contributed by atoms with Gasteiger partial charge in [-0.3, -0.25) is 0 Å². The van der Waals surface area contributed by atoms with Gasteiger partial charge in [-0.05, 0) is 30.0 Å². The zero-order chi connectivity index (χ0) is 13.2. The number of hydrogen-bond donors (Lipinski definition) is 0. The van der Waals surface area contributed by atoms with Crippen molar-refractivity contribution in [3.8, 4) is 0 Å². The molecule has 0 saturated heterocycles. The smallest absolute Gasteiger partial charge is 0.0406 e. The number of halogens is 2. The Balaban J connectivity index is 2.27. The van der Waals surface area contributed by atoms with Crippen LogP contribution in [0.1, 0.15) is 63.4 Å². The molecule has 0 bridgehead atoms. The van der Waals surface area contributed by atoms with Gasteiger partial charge in [0.25, 0.3) is 0 Å². The van der Waals surface area contributed by atoms with Crippen molar-refractivity contribution in [2.24, 2.45) is 0 Å². The summed E-state index contributed by atoms with van der Waals surface area (Å²) in [6.07, 6.45) is 9.24. The van der Waals surface area contributed by atoms with Crippen LogP contribution in [0.5, 0.6) is 0 Å². The molecular weight excluding hydrogens is 263 g/mol. The lowest BCUT2D eigenvalue weighted by Gasteiger charge is -2.14. The van der Waals surface area contributed by atoms with Crippen molar-refractivity contribution in [2.75, 3.05) is 5.88 Å². The molecule has 0 fully saturated rings. The summed E-state index contributed by atoms with van der Waals surface area (Å²) in [7, 11) is 0. The highest BCUT2D eigenvalue weighted by Crippen LogP contribution is 2.25. The summed E-state index contributed by atoms with van der Waals surface area (Å²) in [5, 5.41) is 0.798. The average Bonchev–Trinajstić information content (AvgIpc) is 2.39. The van der Waals surface area contributed by atoms with E-state index in [9.17, 15) is 0 Å². The van der Waals surface area contributed by atoms with Crippen LogP contribution in [0.3, 0.4) is 0 Å². The molecule has 1 aromatic carbocycles. The highest BCUT2D eigenvalue weighted by Gasteiger charge is 2.09. The second kappa shape index (κ2) is 9.69. The molecule has 0 saturated carbocycles. The van der Waals surface area contributed by atoms with Gasteiger partial charge in [-0.25, -0.2) is 0 Å².